The van der Waals surface area contributed by atoms with Gasteiger partial charge in [-0.3, -0.25) is 4.79 Å². The van der Waals surface area contributed by atoms with Crippen LogP contribution in [0.1, 0.15) is 42.1 Å². The molecule has 0 bridgehead atoms. The number of benzene rings is 1. The number of aryl methyl sites for hydroxylation is 1. The molecule has 1 unspecified atom stereocenters. The van der Waals surface area contributed by atoms with Gasteiger partial charge in [0.2, 0.25) is 0 Å². The molecule has 3 nitrogen and oxygen atoms in total. The van der Waals surface area contributed by atoms with Crippen LogP contribution in [0.5, 0.6) is 0 Å². The normalized spacial score (nSPS) is 12.2. The summed E-state index contributed by atoms with van der Waals surface area (Å²) in [7, 11) is 0. The van der Waals surface area contributed by atoms with Gasteiger partial charge in [-0.25, -0.2) is 0 Å². The molecule has 0 aliphatic carbocycles. The molecule has 1 aromatic carbocycles. The van der Waals surface area contributed by atoms with E-state index in [4.69, 9.17) is 17.3 Å². The second-order valence-corrected chi connectivity index (χ2v) is 4.92. The van der Waals surface area contributed by atoms with Crippen LogP contribution in [0.15, 0.2) is 18.2 Å². The summed E-state index contributed by atoms with van der Waals surface area (Å²) in [6, 6.07) is 5.36. The van der Waals surface area contributed by atoms with Crippen LogP contribution >= 0.6 is 11.6 Å². The van der Waals surface area contributed by atoms with Crippen molar-refractivity contribution in [3.63, 3.8) is 0 Å². The van der Waals surface area contributed by atoms with E-state index < -0.39 is 0 Å². The van der Waals surface area contributed by atoms with Crippen molar-refractivity contribution in [3.8, 4) is 0 Å². The number of carbonyl (C=O) groups excluding carboxylic acids is 1. The van der Waals surface area contributed by atoms with Gasteiger partial charge in [-0.05, 0) is 31.0 Å². The van der Waals surface area contributed by atoms with E-state index in [9.17, 15) is 4.79 Å². The monoisotopic (exact) mass is 268 g/mol. The van der Waals surface area contributed by atoms with Gasteiger partial charge >= 0.3 is 0 Å². The van der Waals surface area contributed by atoms with Crippen LogP contribution in [-0.4, -0.2) is 18.5 Å². The van der Waals surface area contributed by atoms with Crippen molar-refractivity contribution in [2.75, 3.05) is 6.54 Å². The highest BCUT2D eigenvalue weighted by molar-refractivity contribution is 6.31. The van der Waals surface area contributed by atoms with E-state index in [1.807, 2.05) is 13.0 Å². The lowest BCUT2D eigenvalue weighted by Gasteiger charge is -2.16. The van der Waals surface area contributed by atoms with Crippen molar-refractivity contribution in [1.29, 1.82) is 0 Å². The maximum atomic E-state index is 12.0. The Hall–Kier alpha value is -1.06. The first-order valence-corrected chi connectivity index (χ1v) is 6.73. The molecular formula is C14H21ClN2O. The minimum absolute atomic E-state index is 0.0394. The molecule has 0 heterocycles. The number of unbranched alkanes of at least 4 members (excludes halogenated alkanes) is 1. The fraction of sp³-hybridized carbons (Fsp3) is 0.500. The molecule has 0 fully saturated rings. The first-order chi connectivity index (χ1) is 8.58. The van der Waals surface area contributed by atoms with E-state index in [0.29, 0.717) is 17.1 Å². The highest BCUT2D eigenvalue weighted by Crippen LogP contribution is 2.16. The molecule has 0 aliphatic rings. The zero-order valence-corrected chi connectivity index (χ0v) is 11.8. The molecule has 1 aromatic rings. The van der Waals surface area contributed by atoms with E-state index >= 15 is 0 Å². The van der Waals surface area contributed by atoms with Crippen LogP contribution in [-0.2, 0) is 0 Å². The van der Waals surface area contributed by atoms with Crippen LogP contribution < -0.4 is 11.1 Å². The summed E-state index contributed by atoms with van der Waals surface area (Å²) in [5, 5.41) is 3.55. The summed E-state index contributed by atoms with van der Waals surface area (Å²) in [4.78, 5) is 12.0. The molecule has 0 aromatic heterocycles. The Morgan fingerprint density at radius 2 is 2.22 bits per heavy atom. The highest BCUT2D eigenvalue weighted by Gasteiger charge is 2.12. The SMILES string of the molecule is CCCCC(CN)NC(=O)c1ccc(C)c(Cl)c1. The minimum Gasteiger partial charge on any atom is -0.348 e. The third-order valence-electron chi connectivity index (χ3n) is 2.96. The molecule has 0 aliphatic heterocycles. The van der Waals surface area contributed by atoms with Crippen LogP contribution in [0.3, 0.4) is 0 Å². The van der Waals surface area contributed by atoms with Crippen molar-refractivity contribution in [2.24, 2.45) is 5.73 Å². The quantitative estimate of drug-likeness (QED) is 0.834. The average Bonchev–Trinajstić information content (AvgIpc) is 2.37. The van der Waals surface area contributed by atoms with E-state index in [-0.39, 0.29) is 11.9 Å². The molecule has 4 heteroatoms. The van der Waals surface area contributed by atoms with Gasteiger partial charge in [0, 0.05) is 23.2 Å². The first-order valence-electron chi connectivity index (χ1n) is 6.35. The van der Waals surface area contributed by atoms with Crippen molar-refractivity contribution in [1.82, 2.24) is 5.32 Å². The highest BCUT2D eigenvalue weighted by atomic mass is 35.5. The number of amides is 1. The summed E-state index contributed by atoms with van der Waals surface area (Å²) in [6.07, 6.45) is 3.08. The molecular weight excluding hydrogens is 248 g/mol. The fourth-order valence-corrected chi connectivity index (χ4v) is 1.88. The predicted octanol–water partition coefficient (Wildman–Crippen LogP) is 2.90. The Bertz CT molecular complexity index is 407. The van der Waals surface area contributed by atoms with Crippen molar-refractivity contribution in [2.45, 2.75) is 39.2 Å². The summed E-state index contributed by atoms with van der Waals surface area (Å²) < 4.78 is 0. The third-order valence-corrected chi connectivity index (χ3v) is 3.37. The van der Waals surface area contributed by atoms with Crippen LogP contribution in [0.25, 0.3) is 0 Å². The molecule has 0 saturated heterocycles. The lowest BCUT2D eigenvalue weighted by Crippen LogP contribution is -2.40. The van der Waals surface area contributed by atoms with Gasteiger partial charge in [0.05, 0.1) is 0 Å². The van der Waals surface area contributed by atoms with Gasteiger partial charge in [-0.1, -0.05) is 37.4 Å². The second-order valence-electron chi connectivity index (χ2n) is 4.51. The Morgan fingerprint density at radius 3 is 2.78 bits per heavy atom. The van der Waals surface area contributed by atoms with Gasteiger partial charge in [0.1, 0.15) is 0 Å². The molecule has 18 heavy (non-hydrogen) atoms. The first kappa shape index (κ1) is 15.0. The fourth-order valence-electron chi connectivity index (χ4n) is 1.70. The lowest BCUT2D eigenvalue weighted by molar-refractivity contribution is 0.0936. The standard InChI is InChI=1S/C14H21ClN2O/c1-3-4-5-12(9-16)17-14(18)11-7-6-10(2)13(15)8-11/h6-8,12H,3-5,9,16H2,1-2H3,(H,17,18). The number of carbonyl (C=O) groups is 1. The van der Waals surface area contributed by atoms with Gasteiger partial charge in [0.25, 0.3) is 5.91 Å². The zero-order chi connectivity index (χ0) is 13.5. The van der Waals surface area contributed by atoms with Crippen molar-refractivity contribution in [3.05, 3.63) is 34.3 Å². The summed E-state index contributed by atoms with van der Waals surface area (Å²) in [6.45, 7) is 4.49. The van der Waals surface area contributed by atoms with Gasteiger partial charge < -0.3 is 11.1 Å². The predicted molar refractivity (Wildman–Crippen MR) is 76.0 cm³/mol. The number of hydrogen-bond acceptors (Lipinski definition) is 2. The molecule has 1 amide bonds. The number of nitrogens with two attached hydrogens (primary N) is 1. The number of halogens is 1. The van der Waals surface area contributed by atoms with Crippen molar-refractivity contribution >= 4 is 17.5 Å². The Labute approximate surface area is 114 Å². The molecule has 100 valence electrons. The molecule has 0 radical (unpaired) electrons. The molecule has 0 saturated carbocycles. The van der Waals surface area contributed by atoms with Gasteiger partial charge in [0.15, 0.2) is 0 Å². The molecule has 3 N–H and O–H groups in total. The lowest BCUT2D eigenvalue weighted by atomic mass is 10.1. The van der Waals surface area contributed by atoms with Crippen LogP contribution in [0.4, 0.5) is 0 Å². The third kappa shape index (κ3) is 4.31. The maximum Gasteiger partial charge on any atom is 0.251 e. The van der Waals surface area contributed by atoms with Gasteiger partial charge in [-0.2, -0.15) is 0 Å². The zero-order valence-electron chi connectivity index (χ0n) is 11.0. The molecule has 1 rings (SSSR count). The molecule has 0 spiro atoms. The summed E-state index contributed by atoms with van der Waals surface area (Å²) in [5.74, 6) is -0.108. The second kappa shape index (κ2) is 7.39. The topological polar surface area (TPSA) is 55.1 Å². The van der Waals surface area contributed by atoms with Crippen molar-refractivity contribution < 1.29 is 4.79 Å². The van der Waals surface area contributed by atoms with E-state index in [1.165, 1.54) is 0 Å². The Balaban J connectivity index is 2.65. The largest absolute Gasteiger partial charge is 0.348 e. The summed E-state index contributed by atoms with van der Waals surface area (Å²) >= 11 is 6.01. The van der Waals surface area contributed by atoms with Crippen LogP contribution in [0, 0.1) is 6.92 Å². The number of nitrogens with one attached hydrogen (secondary N) is 1. The van der Waals surface area contributed by atoms with Crippen LogP contribution in [0.2, 0.25) is 5.02 Å². The smallest absolute Gasteiger partial charge is 0.251 e. The average molecular weight is 269 g/mol. The van der Waals surface area contributed by atoms with E-state index in [1.54, 1.807) is 12.1 Å². The number of rotatable bonds is 6. The Morgan fingerprint density at radius 1 is 1.50 bits per heavy atom. The maximum absolute atomic E-state index is 12.0. The van der Waals surface area contributed by atoms with E-state index in [0.717, 1.165) is 24.8 Å². The van der Waals surface area contributed by atoms with E-state index in [2.05, 4.69) is 12.2 Å². The van der Waals surface area contributed by atoms with Gasteiger partial charge in [-0.15, -0.1) is 0 Å². The Kier molecular flexibility index (Phi) is 6.16. The molecule has 1 atom stereocenters. The minimum atomic E-state index is -0.108. The summed E-state index contributed by atoms with van der Waals surface area (Å²) in [5.41, 5.74) is 7.20. The number of hydrogen-bond donors (Lipinski definition) is 2.